The molecule has 0 radical (unpaired) electrons. The van der Waals surface area contributed by atoms with Gasteiger partial charge in [0.05, 0.1) is 10.8 Å². The molecule has 0 N–H and O–H groups in total. The van der Waals surface area contributed by atoms with E-state index in [0.717, 1.165) is 21.6 Å². The fourth-order valence-electron chi connectivity index (χ4n) is 1.82. The monoisotopic (exact) mass is 304 g/mol. The van der Waals surface area contributed by atoms with Crippen molar-refractivity contribution >= 4 is 28.0 Å². The van der Waals surface area contributed by atoms with Crippen LogP contribution in [0.1, 0.15) is 23.6 Å². The highest BCUT2D eigenvalue weighted by Crippen LogP contribution is 2.27. The number of halogens is 1. The van der Waals surface area contributed by atoms with E-state index in [9.17, 15) is 4.21 Å². The zero-order chi connectivity index (χ0) is 14.7. The molecule has 0 aromatic heterocycles. The molecule has 1 atom stereocenters. The van der Waals surface area contributed by atoms with Gasteiger partial charge in [0.2, 0.25) is 0 Å². The van der Waals surface area contributed by atoms with E-state index in [-0.39, 0.29) is 0 Å². The fourth-order valence-corrected chi connectivity index (χ4v) is 3.18. The maximum atomic E-state index is 12.5. The molecule has 0 saturated carbocycles. The minimum absolute atomic E-state index is 0.387. The van der Waals surface area contributed by atoms with E-state index in [1.807, 2.05) is 69.3 Å². The van der Waals surface area contributed by atoms with Gasteiger partial charge < -0.3 is 0 Å². The van der Waals surface area contributed by atoms with Crippen LogP contribution >= 0.6 is 11.6 Å². The van der Waals surface area contributed by atoms with E-state index in [2.05, 4.69) is 0 Å². The molecule has 0 aliphatic heterocycles. The smallest absolute Gasteiger partial charge is 0.113 e. The largest absolute Gasteiger partial charge is 0.248 e. The highest BCUT2D eigenvalue weighted by atomic mass is 35.5. The second-order valence-electron chi connectivity index (χ2n) is 4.85. The zero-order valence-electron chi connectivity index (χ0n) is 11.8. The van der Waals surface area contributed by atoms with E-state index in [0.29, 0.717) is 4.36 Å². The van der Waals surface area contributed by atoms with E-state index in [1.165, 1.54) is 5.56 Å². The Morgan fingerprint density at radius 3 is 1.85 bits per heavy atom. The van der Waals surface area contributed by atoms with Crippen molar-refractivity contribution in [3.05, 3.63) is 69.6 Å². The Balaban J connectivity index is 2.35. The van der Waals surface area contributed by atoms with Crippen molar-refractivity contribution in [3.8, 4) is 0 Å². The van der Waals surface area contributed by atoms with Crippen LogP contribution in [0.2, 0.25) is 0 Å². The van der Waals surface area contributed by atoms with Gasteiger partial charge in [-0.25, -0.2) is 4.21 Å². The summed E-state index contributed by atoms with van der Waals surface area (Å²) in [7, 11) is -1.33. The van der Waals surface area contributed by atoms with Gasteiger partial charge in [0.25, 0.3) is 0 Å². The average molecular weight is 305 g/mol. The Morgan fingerprint density at radius 1 is 0.900 bits per heavy atom. The van der Waals surface area contributed by atoms with E-state index < -0.39 is 10.8 Å². The van der Waals surface area contributed by atoms with Crippen LogP contribution in [-0.4, -0.2) is 4.21 Å². The van der Waals surface area contributed by atoms with Crippen molar-refractivity contribution < 1.29 is 4.21 Å². The molecule has 0 unspecified atom stereocenters. The number of aryl methyl sites for hydroxylation is 2. The molecule has 104 valence electrons. The van der Waals surface area contributed by atoms with Crippen LogP contribution in [0.4, 0.5) is 0 Å². The first-order chi connectivity index (χ1) is 9.49. The van der Waals surface area contributed by atoms with Crippen LogP contribution in [0.15, 0.2) is 57.8 Å². The van der Waals surface area contributed by atoms with Gasteiger partial charge in [-0.15, -0.1) is 0 Å². The highest BCUT2D eigenvalue weighted by molar-refractivity contribution is 7.91. The minimum Gasteiger partial charge on any atom is -0.248 e. The van der Waals surface area contributed by atoms with Gasteiger partial charge in [-0.3, -0.25) is 0 Å². The van der Waals surface area contributed by atoms with Crippen LogP contribution in [0.25, 0.3) is 5.57 Å². The van der Waals surface area contributed by atoms with E-state index >= 15 is 0 Å². The summed E-state index contributed by atoms with van der Waals surface area (Å²) in [6.45, 7) is 5.94. The van der Waals surface area contributed by atoms with Crippen LogP contribution in [-0.2, 0) is 10.8 Å². The van der Waals surface area contributed by atoms with Crippen molar-refractivity contribution in [2.75, 3.05) is 0 Å². The topological polar surface area (TPSA) is 17.1 Å². The molecule has 0 aliphatic rings. The Labute approximate surface area is 127 Å². The molecule has 20 heavy (non-hydrogen) atoms. The lowest BCUT2D eigenvalue weighted by Crippen LogP contribution is -1.94. The van der Waals surface area contributed by atoms with Gasteiger partial charge in [-0.2, -0.15) is 0 Å². The lowest BCUT2D eigenvalue weighted by Gasteiger charge is -2.07. The maximum Gasteiger partial charge on any atom is 0.113 e. The van der Waals surface area contributed by atoms with Crippen molar-refractivity contribution in [3.63, 3.8) is 0 Å². The van der Waals surface area contributed by atoms with Crippen molar-refractivity contribution in [1.29, 1.82) is 0 Å². The summed E-state index contributed by atoms with van der Waals surface area (Å²) in [5.74, 6) is 0. The molecule has 0 aliphatic carbocycles. The standard InChI is InChI=1S/C17H17ClOS/c1-12-4-8-15(9-5-12)14(3)17(18)20(19)16-10-6-13(2)7-11-16/h4-11H,1-3H3/b17-14-/t20-/m1/s1. The van der Waals surface area contributed by atoms with Crippen LogP contribution in [0.5, 0.6) is 0 Å². The van der Waals surface area contributed by atoms with Gasteiger partial charge in [-0.1, -0.05) is 59.1 Å². The molecule has 2 aromatic carbocycles. The van der Waals surface area contributed by atoms with Gasteiger partial charge in [0.15, 0.2) is 0 Å². The molecule has 0 fully saturated rings. The quantitative estimate of drug-likeness (QED) is 0.776. The van der Waals surface area contributed by atoms with Gasteiger partial charge in [0, 0.05) is 4.90 Å². The number of hydrogen-bond donors (Lipinski definition) is 0. The normalized spacial score (nSPS) is 13.8. The second-order valence-corrected chi connectivity index (χ2v) is 6.87. The van der Waals surface area contributed by atoms with E-state index in [4.69, 9.17) is 11.6 Å². The van der Waals surface area contributed by atoms with Crippen LogP contribution in [0.3, 0.4) is 0 Å². The summed E-state index contributed by atoms with van der Waals surface area (Å²) in [4.78, 5) is 0.729. The third kappa shape index (κ3) is 3.38. The van der Waals surface area contributed by atoms with Gasteiger partial charge in [0.1, 0.15) is 4.36 Å². The summed E-state index contributed by atoms with van der Waals surface area (Å²) < 4.78 is 12.8. The maximum absolute atomic E-state index is 12.5. The number of benzene rings is 2. The number of rotatable bonds is 3. The first-order valence-corrected chi connectivity index (χ1v) is 7.93. The SMILES string of the molecule is C/C(=C(\Cl)[S@](=O)c1ccc(C)cc1)c1ccc(C)cc1. The van der Waals surface area contributed by atoms with Gasteiger partial charge >= 0.3 is 0 Å². The summed E-state index contributed by atoms with van der Waals surface area (Å²) in [5, 5.41) is 0. The lowest BCUT2D eigenvalue weighted by atomic mass is 10.1. The molecule has 0 spiro atoms. The summed E-state index contributed by atoms with van der Waals surface area (Å²) in [5.41, 5.74) is 4.19. The predicted molar refractivity (Wildman–Crippen MR) is 87.2 cm³/mol. The zero-order valence-corrected chi connectivity index (χ0v) is 13.4. The van der Waals surface area contributed by atoms with Crippen molar-refractivity contribution in [1.82, 2.24) is 0 Å². The Hall–Kier alpha value is -1.38. The molecule has 0 bridgehead atoms. The van der Waals surface area contributed by atoms with Crippen molar-refractivity contribution in [2.24, 2.45) is 0 Å². The first kappa shape index (κ1) is 15.0. The molecular weight excluding hydrogens is 288 g/mol. The third-order valence-electron chi connectivity index (χ3n) is 3.18. The van der Waals surface area contributed by atoms with Crippen LogP contribution < -0.4 is 0 Å². The van der Waals surface area contributed by atoms with Gasteiger partial charge in [-0.05, 0) is 44.0 Å². The molecule has 0 heterocycles. The molecule has 2 rings (SSSR count). The molecular formula is C17H17ClOS. The average Bonchev–Trinajstić information content (AvgIpc) is 2.46. The first-order valence-electron chi connectivity index (χ1n) is 6.41. The van der Waals surface area contributed by atoms with Crippen LogP contribution in [0, 0.1) is 13.8 Å². The number of hydrogen-bond acceptors (Lipinski definition) is 1. The fraction of sp³-hybridized carbons (Fsp3) is 0.176. The Morgan fingerprint density at radius 2 is 1.35 bits per heavy atom. The molecule has 1 nitrogen and oxygen atoms in total. The van der Waals surface area contributed by atoms with E-state index in [1.54, 1.807) is 0 Å². The highest BCUT2D eigenvalue weighted by Gasteiger charge is 2.12. The second kappa shape index (κ2) is 6.38. The molecule has 0 amide bonds. The summed E-state index contributed by atoms with van der Waals surface area (Å²) in [6.07, 6.45) is 0. The molecule has 0 saturated heterocycles. The Bertz CT molecular complexity index is 654. The van der Waals surface area contributed by atoms with Crippen molar-refractivity contribution in [2.45, 2.75) is 25.7 Å². The third-order valence-corrected chi connectivity index (χ3v) is 5.21. The lowest BCUT2D eigenvalue weighted by molar-refractivity contribution is 0.688. The molecule has 3 heteroatoms. The Kier molecular flexibility index (Phi) is 4.79. The summed E-state index contributed by atoms with van der Waals surface area (Å²) >= 11 is 6.31. The molecule has 2 aromatic rings. The number of allylic oxidation sites excluding steroid dienone is 1. The predicted octanol–water partition coefficient (Wildman–Crippen LogP) is 5.04. The minimum atomic E-state index is -1.33. The summed E-state index contributed by atoms with van der Waals surface area (Å²) in [6, 6.07) is 15.7.